The van der Waals surface area contributed by atoms with Gasteiger partial charge < -0.3 is 5.11 Å². The number of hydrogen-bond acceptors (Lipinski definition) is 2. The summed E-state index contributed by atoms with van der Waals surface area (Å²) in [4.78, 5) is 2.24. The molecule has 1 heterocycles. The van der Waals surface area contributed by atoms with Gasteiger partial charge in [-0.15, -0.1) is 0 Å². The second-order valence-electron chi connectivity index (χ2n) is 5.37. The van der Waals surface area contributed by atoms with Crippen LogP contribution in [0.3, 0.4) is 0 Å². The molecule has 1 N–H and O–H groups in total. The van der Waals surface area contributed by atoms with Crippen molar-refractivity contribution in [1.82, 2.24) is 4.90 Å². The van der Waals surface area contributed by atoms with Crippen molar-refractivity contribution in [2.45, 2.75) is 39.3 Å². The van der Waals surface area contributed by atoms with Crippen LogP contribution in [0.25, 0.3) is 0 Å². The molecule has 2 nitrogen and oxygen atoms in total. The van der Waals surface area contributed by atoms with Gasteiger partial charge in [-0.3, -0.25) is 4.90 Å². The summed E-state index contributed by atoms with van der Waals surface area (Å²) in [7, 11) is 0. The van der Waals surface area contributed by atoms with E-state index in [1.165, 1.54) is 18.6 Å². The molecule has 0 radical (unpaired) electrons. The van der Waals surface area contributed by atoms with E-state index in [-0.39, 0.29) is 0 Å². The van der Waals surface area contributed by atoms with Gasteiger partial charge in [-0.2, -0.15) is 0 Å². The molecule has 0 spiro atoms. The van der Waals surface area contributed by atoms with E-state index in [2.05, 4.69) is 18.7 Å². The largest absolute Gasteiger partial charge is 0.503 e. The quantitative estimate of drug-likeness (QED) is 0.876. The van der Waals surface area contributed by atoms with Crippen molar-refractivity contribution >= 4 is 0 Å². The Morgan fingerprint density at radius 1 is 1.22 bits per heavy atom. The highest BCUT2D eigenvalue weighted by Crippen LogP contribution is 2.26. The molecule has 0 bridgehead atoms. The zero-order valence-corrected chi connectivity index (χ0v) is 10.8. The summed E-state index contributed by atoms with van der Waals surface area (Å²) in [6.07, 6.45) is 2.32. The minimum atomic E-state index is -0.890. The lowest BCUT2D eigenvalue weighted by molar-refractivity contribution is 0.117. The highest BCUT2D eigenvalue weighted by molar-refractivity contribution is 5.30. The van der Waals surface area contributed by atoms with E-state index >= 15 is 0 Å². The standard InChI is InChI=1S/C14H19F2NO/c1-9-3-4-10(2)17(7-9)8-11-5-12(15)14(18)13(16)6-11/h5-6,9-10,18H,3-4,7-8H2,1-2H3. The molecule has 1 fully saturated rings. The van der Waals surface area contributed by atoms with Gasteiger partial charge in [0.05, 0.1) is 0 Å². The van der Waals surface area contributed by atoms with Crippen LogP contribution in [0, 0.1) is 17.6 Å². The number of phenols is 1. The number of likely N-dealkylation sites (tertiary alicyclic amines) is 1. The Morgan fingerprint density at radius 2 is 1.83 bits per heavy atom. The summed E-state index contributed by atoms with van der Waals surface area (Å²) in [6, 6.07) is 2.86. The maximum Gasteiger partial charge on any atom is 0.187 e. The third-order valence-electron chi connectivity index (χ3n) is 3.71. The van der Waals surface area contributed by atoms with Gasteiger partial charge in [-0.25, -0.2) is 8.78 Å². The summed E-state index contributed by atoms with van der Waals surface area (Å²) < 4.78 is 26.5. The molecule has 2 atom stereocenters. The molecule has 0 saturated carbocycles. The van der Waals surface area contributed by atoms with Crippen LogP contribution in [0.1, 0.15) is 32.3 Å². The van der Waals surface area contributed by atoms with Crippen LogP contribution in [-0.4, -0.2) is 22.6 Å². The van der Waals surface area contributed by atoms with E-state index in [1.54, 1.807) is 0 Å². The topological polar surface area (TPSA) is 23.5 Å². The first-order valence-corrected chi connectivity index (χ1v) is 6.38. The molecule has 0 aliphatic carbocycles. The Labute approximate surface area is 106 Å². The van der Waals surface area contributed by atoms with Crippen LogP contribution in [0.2, 0.25) is 0 Å². The molecule has 1 aliphatic heterocycles. The van der Waals surface area contributed by atoms with E-state index in [4.69, 9.17) is 5.11 Å². The summed E-state index contributed by atoms with van der Waals surface area (Å²) in [5.41, 5.74) is 0.573. The van der Waals surface area contributed by atoms with Gasteiger partial charge in [0, 0.05) is 19.1 Å². The Kier molecular flexibility index (Phi) is 3.85. The number of benzene rings is 1. The fourth-order valence-electron chi connectivity index (χ4n) is 2.54. The Bertz CT molecular complexity index is 413. The van der Waals surface area contributed by atoms with Crippen LogP contribution >= 0.6 is 0 Å². The lowest BCUT2D eigenvalue weighted by Gasteiger charge is -2.36. The number of halogens is 2. The van der Waals surface area contributed by atoms with Crippen LogP contribution in [0.4, 0.5) is 8.78 Å². The van der Waals surface area contributed by atoms with Crippen molar-refractivity contribution in [2.75, 3.05) is 6.54 Å². The predicted octanol–water partition coefficient (Wildman–Crippen LogP) is 3.29. The zero-order chi connectivity index (χ0) is 13.3. The molecule has 100 valence electrons. The van der Waals surface area contributed by atoms with Crippen LogP contribution in [-0.2, 0) is 6.54 Å². The minimum absolute atomic E-state index is 0.432. The summed E-state index contributed by atoms with van der Waals surface area (Å²) in [5.74, 6) is -2.04. The van der Waals surface area contributed by atoms with Gasteiger partial charge in [0.25, 0.3) is 0 Å². The maximum atomic E-state index is 13.3. The van der Waals surface area contributed by atoms with E-state index < -0.39 is 17.4 Å². The first kappa shape index (κ1) is 13.3. The summed E-state index contributed by atoms with van der Waals surface area (Å²) in [5, 5.41) is 9.07. The molecule has 18 heavy (non-hydrogen) atoms. The van der Waals surface area contributed by atoms with E-state index in [0.717, 1.165) is 13.0 Å². The van der Waals surface area contributed by atoms with Crippen LogP contribution in [0.15, 0.2) is 12.1 Å². The van der Waals surface area contributed by atoms with Gasteiger partial charge >= 0.3 is 0 Å². The minimum Gasteiger partial charge on any atom is -0.503 e. The smallest absolute Gasteiger partial charge is 0.187 e. The second-order valence-corrected chi connectivity index (χ2v) is 5.37. The molecule has 0 aromatic heterocycles. The van der Waals surface area contributed by atoms with E-state index in [9.17, 15) is 8.78 Å². The van der Waals surface area contributed by atoms with Gasteiger partial charge in [-0.05, 0) is 43.4 Å². The first-order chi connectivity index (χ1) is 8.47. The number of piperidine rings is 1. The Morgan fingerprint density at radius 3 is 2.44 bits per heavy atom. The lowest BCUT2D eigenvalue weighted by Crippen LogP contribution is -2.40. The van der Waals surface area contributed by atoms with Gasteiger partial charge in [-0.1, -0.05) is 6.92 Å². The number of hydrogen-bond donors (Lipinski definition) is 1. The van der Waals surface area contributed by atoms with E-state index in [1.807, 2.05) is 0 Å². The number of nitrogens with zero attached hydrogens (tertiary/aromatic N) is 1. The third kappa shape index (κ3) is 2.80. The number of phenolic OH excluding ortho intramolecular Hbond substituents is 1. The normalized spacial score (nSPS) is 25.3. The van der Waals surface area contributed by atoms with Gasteiger partial charge in [0.2, 0.25) is 0 Å². The van der Waals surface area contributed by atoms with Crippen LogP contribution in [0.5, 0.6) is 5.75 Å². The first-order valence-electron chi connectivity index (χ1n) is 6.38. The number of rotatable bonds is 2. The van der Waals surface area contributed by atoms with Crippen molar-refractivity contribution in [2.24, 2.45) is 5.92 Å². The number of aromatic hydroxyl groups is 1. The van der Waals surface area contributed by atoms with E-state index in [0.29, 0.717) is 24.1 Å². The fourth-order valence-corrected chi connectivity index (χ4v) is 2.54. The third-order valence-corrected chi connectivity index (χ3v) is 3.71. The van der Waals surface area contributed by atoms with Crippen LogP contribution < -0.4 is 0 Å². The molecule has 4 heteroatoms. The van der Waals surface area contributed by atoms with Crippen molar-refractivity contribution in [3.63, 3.8) is 0 Å². The molecule has 1 aromatic carbocycles. The van der Waals surface area contributed by atoms with Crippen molar-refractivity contribution in [3.05, 3.63) is 29.3 Å². The summed E-state index contributed by atoms with van der Waals surface area (Å²) >= 11 is 0. The highest BCUT2D eigenvalue weighted by atomic mass is 19.1. The highest BCUT2D eigenvalue weighted by Gasteiger charge is 2.23. The van der Waals surface area contributed by atoms with Crippen molar-refractivity contribution in [3.8, 4) is 5.75 Å². The monoisotopic (exact) mass is 255 g/mol. The average molecular weight is 255 g/mol. The molecule has 2 unspecified atom stereocenters. The molecular formula is C14H19F2NO. The lowest BCUT2D eigenvalue weighted by atomic mass is 9.94. The van der Waals surface area contributed by atoms with Crippen molar-refractivity contribution in [1.29, 1.82) is 0 Å². The maximum absolute atomic E-state index is 13.3. The molecule has 1 aliphatic rings. The molecule has 1 saturated heterocycles. The average Bonchev–Trinajstić information content (AvgIpc) is 2.31. The summed E-state index contributed by atoms with van der Waals surface area (Å²) in [6.45, 7) is 5.81. The second kappa shape index (κ2) is 5.22. The van der Waals surface area contributed by atoms with Gasteiger partial charge in [0.1, 0.15) is 0 Å². The molecular weight excluding hydrogens is 236 g/mol. The SMILES string of the molecule is CC1CCC(C)N(Cc2cc(F)c(O)c(F)c2)C1. The fraction of sp³-hybridized carbons (Fsp3) is 0.571. The predicted molar refractivity (Wildman–Crippen MR) is 66.3 cm³/mol. The molecule has 2 rings (SSSR count). The van der Waals surface area contributed by atoms with Gasteiger partial charge in [0.15, 0.2) is 17.4 Å². The zero-order valence-electron chi connectivity index (χ0n) is 10.8. The van der Waals surface area contributed by atoms with Crippen molar-refractivity contribution < 1.29 is 13.9 Å². The molecule has 1 aromatic rings. The molecule has 0 amide bonds. The Hall–Kier alpha value is -1.16. The Balaban J connectivity index is 2.13.